The number of hydrogen-bond donors (Lipinski definition) is 1. The Bertz CT molecular complexity index is 496. The monoisotopic (exact) mass is 286 g/mol. The van der Waals surface area contributed by atoms with Crippen LogP contribution in [0.1, 0.15) is 65.7 Å². The van der Waals surface area contributed by atoms with Crippen LogP contribution >= 0.6 is 0 Å². The van der Waals surface area contributed by atoms with E-state index < -0.39 is 0 Å². The van der Waals surface area contributed by atoms with Crippen LogP contribution in [-0.4, -0.2) is 11.2 Å². The molecule has 0 radical (unpaired) electrons. The fraction of sp³-hybridized carbons (Fsp3) is 0.700. The summed E-state index contributed by atoms with van der Waals surface area (Å²) < 4.78 is 0. The highest BCUT2D eigenvalue weighted by Gasteiger charge is 2.46. The Labute approximate surface area is 129 Å². The van der Waals surface area contributed by atoms with Crippen LogP contribution in [0.4, 0.5) is 0 Å². The van der Waals surface area contributed by atoms with E-state index in [1.165, 1.54) is 36.8 Å². The SMILES string of the molecule is CC1=C(/C=C\C2=CCC[C@]3(C)[C@@H](C)CC[C@@H]23)C[C@@H](O)CC1. The lowest BCUT2D eigenvalue weighted by Gasteiger charge is -2.39. The van der Waals surface area contributed by atoms with E-state index in [1.807, 2.05) is 0 Å². The zero-order valence-electron chi connectivity index (χ0n) is 13.9. The van der Waals surface area contributed by atoms with Crippen molar-refractivity contribution in [3.05, 3.63) is 34.9 Å². The Hall–Kier alpha value is -0.820. The van der Waals surface area contributed by atoms with Gasteiger partial charge in [0.05, 0.1) is 6.10 Å². The van der Waals surface area contributed by atoms with Crippen molar-refractivity contribution >= 4 is 0 Å². The van der Waals surface area contributed by atoms with Crippen LogP contribution in [0.5, 0.6) is 0 Å². The van der Waals surface area contributed by atoms with Crippen LogP contribution in [0.3, 0.4) is 0 Å². The van der Waals surface area contributed by atoms with Gasteiger partial charge in [-0.25, -0.2) is 0 Å². The Balaban J connectivity index is 1.79. The fourth-order valence-corrected chi connectivity index (χ4v) is 4.74. The molecule has 0 bridgehead atoms. The van der Waals surface area contributed by atoms with E-state index in [0.29, 0.717) is 5.41 Å². The maximum Gasteiger partial charge on any atom is 0.0583 e. The zero-order valence-corrected chi connectivity index (χ0v) is 13.9. The highest BCUT2D eigenvalue weighted by atomic mass is 16.3. The minimum Gasteiger partial charge on any atom is -0.393 e. The van der Waals surface area contributed by atoms with Crippen LogP contribution in [0.15, 0.2) is 34.9 Å². The van der Waals surface area contributed by atoms with Crippen LogP contribution in [0, 0.1) is 17.3 Å². The van der Waals surface area contributed by atoms with Gasteiger partial charge < -0.3 is 5.11 Å². The summed E-state index contributed by atoms with van der Waals surface area (Å²) in [5.74, 6) is 1.61. The molecule has 3 aliphatic carbocycles. The highest BCUT2D eigenvalue weighted by Crippen LogP contribution is 2.55. The van der Waals surface area contributed by atoms with Crippen molar-refractivity contribution in [2.45, 2.75) is 71.8 Å². The van der Waals surface area contributed by atoms with E-state index >= 15 is 0 Å². The molecular weight excluding hydrogens is 256 g/mol. The number of rotatable bonds is 2. The molecule has 0 saturated heterocycles. The van der Waals surface area contributed by atoms with Gasteiger partial charge in [-0.05, 0) is 80.3 Å². The summed E-state index contributed by atoms with van der Waals surface area (Å²) in [5.41, 5.74) is 4.92. The molecule has 4 atom stereocenters. The van der Waals surface area contributed by atoms with Crippen LogP contribution in [-0.2, 0) is 0 Å². The van der Waals surface area contributed by atoms with Crippen molar-refractivity contribution in [2.75, 3.05) is 0 Å². The molecule has 1 saturated carbocycles. The van der Waals surface area contributed by atoms with Gasteiger partial charge in [0.15, 0.2) is 0 Å². The van der Waals surface area contributed by atoms with Crippen LogP contribution < -0.4 is 0 Å². The Morgan fingerprint density at radius 2 is 2.05 bits per heavy atom. The summed E-state index contributed by atoms with van der Waals surface area (Å²) in [6.07, 6.45) is 15.2. The third kappa shape index (κ3) is 2.77. The van der Waals surface area contributed by atoms with Gasteiger partial charge in [-0.2, -0.15) is 0 Å². The standard InChI is InChI=1S/C20H30O/c1-14-6-10-18(21)13-17(14)9-8-16-5-4-12-20(3)15(2)7-11-19(16)20/h5,8-9,15,18-19,21H,4,6-7,10-13H2,1-3H3/b9-8-/t15-,18-,19-,20+/m0/s1. The lowest BCUT2D eigenvalue weighted by molar-refractivity contribution is 0.159. The van der Waals surface area contributed by atoms with Crippen molar-refractivity contribution < 1.29 is 5.11 Å². The third-order valence-corrected chi connectivity index (χ3v) is 6.61. The van der Waals surface area contributed by atoms with Crippen LogP contribution in [0.2, 0.25) is 0 Å². The molecule has 1 N–H and O–H groups in total. The van der Waals surface area contributed by atoms with Crippen molar-refractivity contribution in [3.63, 3.8) is 0 Å². The van der Waals surface area contributed by atoms with E-state index in [1.54, 1.807) is 5.57 Å². The largest absolute Gasteiger partial charge is 0.393 e. The summed E-state index contributed by atoms with van der Waals surface area (Å²) in [6.45, 7) is 7.17. The average Bonchev–Trinajstić information content (AvgIpc) is 2.76. The molecule has 1 fully saturated rings. The van der Waals surface area contributed by atoms with E-state index in [9.17, 15) is 5.11 Å². The molecule has 3 rings (SSSR count). The average molecular weight is 286 g/mol. The molecule has 0 aromatic rings. The van der Waals surface area contributed by atoms with E-state index in [0.717, 1.165) is 31.1 Å². The van der Waals surface area contributed by atoms with Gasteiger partial charge in [-0.3, -0.25) is 0 Å². The lowest BCUT2D eigenvalue weighted by Crippen LogP contribution is -2.30. The van der Waals surface area contributed by atoms with Gasteiger partial charge >= 0.3 is 0 Å². The first kappa shape index (κ1) is 15.1. The molecular formula is C20H30O. The van der Waals surface area contributed by atoms with Crippen molar-refractivity contribution in [3.8, 4) is 0 Å². The predicted molar refractivity (Wildman–Crippen MR) is 89.0 cm³/mol. The molecule has 1 heteroatoms. The van der Waals surface area contributed by atoms with Crippen molar-refractivity contribution in [1.82, 2.24) is 0 Å². The molecule has 21 heavy (non-hydrogen) atoms. The first-order valence-corrected chi connectivity index (χ1v) is 8.75. The molecule has 1 nitrogen and oxygen atoms in total. The first-order valence-electron chi connectivity index (χ1n) is 8.75. The van der Waals surface area contributed by atoms with Gasteiger partial charge in [0.2, 0.25) is 0 Å². The fourth-order valence-electron chi connectivity index (χ4n) is 4.74. The minimum absolute atomic E-state index is 0.134. The quantitative estimate of drug-likeness (QED) is 0.742. The molecule has 0 aromatic carbocycles. The molecule has 0 aromatic heterocycles. The number of aliphatic hydroxyl groups excluding tert-OH is 1. The van der Waals surface area contributed by atoms with Gasteiger partial charge in [-0.1, -0.05) is 37.6 Å². The van der Waals surface area contributed by atoms with Gasteiger partial charge in [-0.15, -0.1) is 0 Å². The van der Waals surface area contributed by atoms with Gasteiger partial charge in [0, 0.05) is 0 Å². The third-order valence-electron chi connectivity index (χ3n) is 6.61. The molecule has 3 aliphatic rings. The normalized spacial score (nSPS) is 40.6. The van der Waals surface area contributed by atoms with E-state index in [-0.39, 0.29) is 6.10 Å². The first-order chi connectivity index (χ1) is 10.0. The molecule has 0 spiro atoms. The second-order valence-corrected chi connectivity index (χ2v) is 7.82. The number of fused-ring (bicyclic) bond motifs is 1. The van der Waals surface area contributed by atoms with Crippen molar-refractivity contribution in [2.24, 2.45) is 17.3 Å². The number of hydrogen-bond acceptors (Lipinski definition) is 1. The zero-order chi connectivity index (χ0) is 15.0. The summed E-state index contributed by atoms with van der Waals surface area (Å²) in [7, 11) is 0. The summed E-state index contributed by atoms with van der Waals surface area (Å²) in [4.78, 5) is 0. The molecule has 0 amide bonds. The summed E-state index contributed by atoms with van der Waals surface area (Å²) in [6, 6.07) is 0. The van der Waals surface area contributed by atoms with E-state index in [4.69, 9.17) is 0 Å². The minimum atomic E-state index is -0.134. The summed E-state index contributed by atoms with van der Waals surface area (Å²) in [5, 5.41) is 9.88. The Kier molecular flexibility index (Phi) is 4.14. The number of aliphatic hydroxyl groups is 1. The maximum atomic E-state index is 9.88. The van der Waals surface area contributed by atoms with Crippen molar-refractivity contribution in [1.29, 1.82) is 0 Å². The Morgan fingerprint density at radius 1 is 1.24 bits per heavy atom. The smallest absolute Gasteiger partial charge is 0.0583 e. The van der Waals surface area contributed by atoms with E-state index in [2.05, 4.69) is 39.0 Å². The van der Waals surface area contributed by atoms with Gasteiger partial charge in [0.1, 0.15) is 0 Å². The van der Waals surface area contributed by atoms with Crippen LogP contribution in [0.25, 0.3) is 0 Å². The topological polar surface area (TPSA) is 20.2 Å². The Morgan fingerprint density at radius 3 is 2.86 bits per heavy atom. The van der Waals surface area contributed by atoms with Gasteiger partial charge in [0.25, 0.3) is 0 Å². The molecule has 0 aliphatic heterocycles. The second-order valence-electron chi connectivity index (χ2n) is 7.82. The predicted octanol–water partition coefficient (Wildman–Crippen LogP) is 5.18. The lowest BCUT2D eigenvalue weighted by atomic mass is 9.65. The highest BCUT2D eigenvalue weighted by molar-refractivity contribution is 5.36. The number of allylic oxidation sites excluding steroid dienone is 5. The molecule has 116 valence electrons. The molecule has 0 heterocycles. The summed E-state index contributed by atoms with van der Waals surface area (Å²) >= 11 is 0. The second kappa shape index (κ2) is 5.76. The molecule has 0 unspecified atom stereocenters. The maximum absolute atomic E-state index is 9.88.